The van der Waals surface area contributed by atoms with E-state index in [0.717, 1.165) is 3.57 Å². The summed E-state index contributed by atoms with van der Waals surface area (Å²) in [5, 5.41) is 10.1. The summed E-state index contributed by atoms with van der Waals surface area (Å²) in [7, 11) is 0. The van der Waals surface area contributed by atoms with Crippen LogP contribution in [0.2, 0.25) is 0 Å². The van der Waals surface area contributed by atoms with E-state index >= 15 is 0 Å². The second-order valence-electron chi connectivity index (χ2n) is 1.58. The Morgan fingerprint density at radius 3 is 2.44 bits per heavy atom. The van der Waals surface area contributed by atoms with Crippen molar-refractivity contribution in [1.82, 2.24) is 0 Å². The van der Waals surface area contributed by atoms with Crippen molar-refractivity contribution >= 4 is 28.3 Å². The standard InChI is InChI=1S/C6H5INO/c7-5-3-1-2-4-6(5)8-9/h1-4,8H. The third kappa shape index (κ3) is 1.56. The lowest BCUT2D eigenvalue weighted by Gasteiger charge is -1.96. The van der Waals surface area contributed by atoms with Crippen LogP contribution in [0.3, 0.4) is 0 Å². The van der Waals surface area contributed by atoms with Gasteiger partial charge in [0.25, 0.3) is 0 Å². The van der Waals surface area contributed by atoms with Gasteiger partial charge in [-0.1, -0.05) is 17.3 Å². The van der Waals surface area contributed by atoms with Gasteiger partial charge in [-0.2, -0.15) is 0 Å². The van der Waals surface area contributed by atoms with Crippen LogP contribution >= 0.6 is 22.6 Å². The molecule has 0 aliphatic carbocycles. The van der Waals surface area contributed by atoms with Crippen LogP contribution in [0, 0.1) is 3.57 Å². The van der Waals surface area contributed by atoms with Crippen molar-refractivity contribution in [3.8, 4) is 0 Å². The second kappa shape index (κ2) is 3.03. The van der Waals surface area contributed by atoms with E-state index in [1.54, 1.807) is 6.07 Å². The van der Waals surface area contributed by atoms with Gasteiger partial charge in [-0.15, -0.1) is 0 Å². The lowest BCUT2D eigenvalue weighted by molar-refractivity contribution is 0.274. The molecule has 3 heteroatoms. The molecule has 0 unspecified atom stereocenters. The summed E-state index contributed by atoms with van der Waals surface area (Å²) in [5.41, 5.74) is 2.47. The fraction of sp³-hybridized carbons (Fsp3) is 0. The van der Waals surface area contributed by atoms with Gasteiger partial charge in [-0.05, 0) is 34.7 Å². The Morgan fingerprint density at radius 1 is 1.33 bits per heavy atom. The zero-order valence-electron chi connectivity index (χ0n) is 4.60. The molecule has 0 saturated carbocycles. The Bertz CT molecular complexity index is 202. The van der Waals surface area contributed by atoms with Crippen molar-refractivity contribution in [1.29, 1.82) is 0 Å². The summed E-state index contributed by atoms with van der Waals surface area (Å²) in [4.78, 5) is 0. The Balaban J connectivity index is 3.01. The summed E-state index contributed by atoms with van der Waals surface area (Å²) in [6.45, 7) is 0. The average Bonchev–Trinajstić information content (AvgIpc) is 1.89. The van der Waals surface area contributed by atoms with Crippen molar-refractivity contribution in [2.45, 2.75) is 0 Å². The van der Waals surface area contributed by atoms with E-state index in [1.807, 2.05) is 23.7 Å². The summed E-state index contributed by atoms with van der Waals surface area (Å²) < 4.78 is 0.949. The van der Waals surface area contributed by atoms with Gasteiger partial charge in [0.15, 0.2) is 0 Å². The van der Waals surface area contributed by atoms with Crippen LogP contribution in [0.25, 0.3) is 0 Å². The van der Waals surface area contributed by atoms with Crippen LogP contribution in [0.4, 0.5) is 5.69 Å². The van der Waals surface area contributed by atoms with Crippen LogP contribution in [0.5, 0.6) is 0 Å². The van der Waals surface area contributed by atoms with Gasteiger partial charge in [0.05, 0.1) is 5.69 Å². The lowest BCUT2D eigenvalue weighted by atomic mass is 10.3. The molecule has 47 valence electrons. The molecule has 0 heterocycles. The number of nitrogens with one attached hydrogen (secondary N) is 1. The third-order valence-electron chi connectivity index (χ3n) is 0.984. The predicted octanol–water partition coefficient (Wildman–Crippen LogP) is 2.05. The van der Waals surface area contributed by atoms with Crippen molar-refractivity contribution in [2.24, 2.45) is 0 Å². The SMILES string of the molecule is [O]Nc1ccccc1I. The second-order valence-corrected chi connectivity index (χ2v) is 2.74. The molecule has 0 spiro atoms. The Hall–Kier alpha value is -0.290. The smallest absolute Gasteiger partial charge is 0.0768 e. The molecule has 0 bridgehead atoms. The summed E-state index contributed by atoms with van der Waals surface area (Å²) >= 11 is 2.10. The lowest BCUT2D eigenvalue weighted by Crippen LogP contribution is -1.88. The van der Waals surface area contributed by atoms with E-state index in [0.29, 0.717) is 5.69 Å². The third-order valence-corrected chi connectivity index (χ3v) is 1.92. The van der Waals surface area contributed by atoms with Crippen LogP contribution < -0.4 is 5.48 Å². The molecule has 0 amide bonds. The first-order valence-electron chi connectivity index (χ1n) is 2.47. The molecule has 1 aromatic rings. The van der Waals surface area contributed by atoms with E-state index in [4.69, 9.17) is 0 Å². The van der Waals surface area contributed by atoms with E-state index < -0.39 is 0 Å². The monoisotopic (exact) mass is 234 g/mol. The van der Waals surface area contributed by atoms with Crippen molar-refractivity contribution in [3.63, 3.8) is 0 Å². The highest BCUT2D eigenvalue weighted by Crippen LogP contribution is 2.15. The number of benzene rings is 1. The fourth-order valence-electron chi connectivity index (χ4n) is 0.544. The quantitative estimate of drug-likeness (QED) is 0.585. The molecular weight excluding hydrogens is 229 g/mol. The van der Waals surface area contributed by atoms with Crippen LogP contribution in [-0.2, 0) is 5.21 Å². The van der Waals surface area contributed by atoms with Gasteiger partial charge < -0.3 is 0 Å². The minimum atomic E-state index is 0.637. The number of rotatable bonds is 1. The first kappa shape index (κ1) is 6.82. The number of anilines is 1. The Labute approximate surface area is 67.0 Å². The molecule has 1 N–H and O–H groups in total. The summed E-state index contributed by atoms with van der Waals surface area (Å²) in [5.74, 6) is 0. The maximum absolute atomic E-state index is 10.1. The van der Waals surface area contributed by atoms with E-state index in [9.17, 15) is 5.21 Å². The minimum Gasteiger partial charge on any atom is -0.232 e. The van der Waals surface area contributed by atoms with Gasteiger partial charge in [-0.25, -0.2) is 5.48 Å². The maximum Gasteiger partial charge on any atom is 0.0768 e. The molecule has 1 radical (unpaired) electrons. The molecule has 2 nitrogen and oxygen atoms in total. The van der Waals surface area contributed by atoms with E-state index in [2.05, 4.69) is 22.6 Å². The molecule has 0 atom stereocenters. The maximum atomic E-state index is 10.1. The van der Waals surface area contributed by atoms with Crippen LogP contribution in [-0.4, -0.2) is 0 Å². The molecule has 1 rings (SSSR count). The zero-order chi connectivity index (χ0) is 6.69. The molecule has 0 fully saturated rings. The van der Waals surface area contributed by atoms with Gasteiger partial charge in [0.1, 0.15) is 0 Å². The van der Waals surface area contributed by atoms with E-state index in [-0.39, 0.29) is 0 Å². The molecule has 0 aliphatic rings. The van der Waals surface area contributed by atoms with Crippen molar-refractivity contribution < 1.29 is 5.21 Å². The van der Waals surface area contributed by atoms with Gasteiger partial charge in [0.2, 0.25) is 0 Å². The first-order chi connectivity index (χ1) is 4.34. The molecule has 0 aliphatic heterocycles. The largest absolute Gasteiger partial charge is 0.232 e. The summed E-state index contributed by atoms with van der Waals surface area (Å²) in [6, 6.07) is 7.33. The molecule has 0 saturated heterocycles. The van der Waals surface area contributed by atoms with Crippen molar-refractivity contribution in [2.75, 3.05) is 5.48 Å². The molecular formula is C6H5INO. The minimum absolute atomic E-state index is 0.637. The zero-order valence-corrected chi connectivity index (χ0v) is 6.75. The summed E-state index contributed by atoms with van der Waals surface area (Å²) in [6.07, 6.45) is 0. The van der Waals surface area contributed by atoms with Gasteiger partial charge >= 0.3 is 0 Å². The number of halogens is 1. The molecule has 9 heavy (non-hydrogen) atoms. The molecule has 1 aromatic carbocycles. The fourth-order valence-corrected chi connectivity index (χ4v) is 1.04. The number of hydrogen-bond acceptors (Lipinski definition) is 1. The highest BCUT2D eigenvalue weighted by molar-refractivity contribution is 14.1. The van der Waals surface area contributed by atoms with Crippen LogP contribution in [0.15, 0.2) is 24.3 Å². The number of para-hydroxylation sites is 1. The van der Waals surface area contributed by atoms with Gasteiger partial charge in [0, 0.05) is 3.57 Å². The number of hydrogen-bond donors (Lipinski definition) is 1. The Morgan fingerprint density at radius 2 is 2.00 bits per heavy atom. The normalized spacial score (nSPS) is 9.11. The van der Waals surface area contributed by atoms with Gasteiger partial charge in [-0.3, -0.25) is 0 Å². The topological polar surface area (TPSA) is 31.9 Å². The highest BCUT2D eigenvalue weighted by Gasteiger charge is 1.92. The van der Waals surface area contributed by atoms with Crippen molar-refractivity contribution in [3.05, 3.63) is 27.8 Å². The van der Waals surface area contributed by atoms with Crippen LogP contribution in [0.1, 0.15) is 0 Å². The average molecular weight is 234 g/mol. The highest BCUT2D eigenvalue weighted by atomic mass is 127. The molecule has 0 aromatic heterocycles. The first-order valence-corrected chi connectivity index (χ1v) is 3.55. The van der Waals surface area contributed by atoms with E-state index in [1.165, 1.54) is 0 Å². The predicted molar refractivity (Wildman–Crippen MR) is 43.5 cm³/mol. The Kier molecular flexibility index (Phi) is 2.29.